The summed E-state index contributed by atoms with van der Waals surface area (Å²) < 4.78 is 66.5. The van der Waals surface area contributed by atoms with Crippen LogP contribution in [0.15, 0.2) is 65.7 Å². The Hall–Kier alpha value is -2.33. The van der Waals surface area contributed by atoms with Gasteiger partial charge in [0.05, 0.1) is 20.5 Å². The lowest BCUT2D eigenvalue weighted by Gasteiger charge is -2.18. The number of nitrogens with zero attached hydrogens (tertiary/aromatic N) is 2. The number of aromatic nitrogens is 1. The van der Waals surface area contributed by atoms with Gasteiger partial charge in [0.1, 0.15) is 5.82 Å². The zero-order chi connectivity index (χ0) is 23.8. The fourth-order valence-corrected chi connectivity index (χ4v) is 5.15. The molecule has 1 saturated heterocycles. The number of alkyl halides is 3. The molecule has 1 aromatic heterocycles. The predicted octanol–water partition coefficient (Wildman–Crippen LogP) is 5.63. The summed E-state index contributed by atoms with van der Waals surface area (Å²) >= 11 is 12.0. The maximum Gasteiger partial charge on any atom is 0.417 e. The van der Waals surface area contributed by atoms with Crippen molar-refractivity contribution in [2.45, 2.75) is 23.5 Å². The van der Waals surface area contributed by atoms with Crippen molar-refractivity contribution in [1.82, 2.24) is 9.71 Å². The first kappa shape index (κ1) is 23.8. The van der Waals surface area contributed by atoms with E-state index in [2.05, 4.69) is 9.71 Å². The third kappa shape index (κ3) is 5.43. The van der Waals surface area contributed by atoms with Crippen LogP contribution in [0, 0.1) is 0 Å². The number of sulfonamides is 1. The largest absolute Gasteiger partial charge is 0.417 e. The summed E-state index contributed by atoms with van der Waals surface area (Å²) in [6.07, 6.45) is -3.17. The molecule has 3 aromatic rings. The van der Waals surface area contributed by atoms with E-state index in [1.54, 1.807) is 35.2 Å². The average molecular weight is 516 g/mol. The summed E-state index contributed by atoms with van der Waals surface area (Å²) in [7, 11) is -3.78. The lowest BCUT2D eigenvalue weighted by molar-refractivity contribution is -0.137. The molecule has 4 rings (SSSR count). The number of anilines is 1. The van der Waals surface area contributed by atoms with Gasteiger partial charge in [-0.15, -0.1) is 0 Å². The van der Waals surface area contributed by atoms with E-state index in [1.807, 2.05) is 0 Å². The van der Waals surface area contributed by atoms with Crippen LogP contribution < -0.4 is 9.62 Å². The Kier molecular flexibility index (Phi) is 6.59. The van der Waals surface area contributed by atoms with Crippen molar-refractivity contribution in [2.24, 2.45) is 0 Å². The molecule has 2 heterocycles. The highest BCUT2D eigenvalue weighted by Crippen LogP contribution is 2.31. The molecule has 11 heteroatoms. The number of hydrogen-bond donors (Lipinski definition) is 1. The van der Waals surface area contributed by atoms with Gasteiger partial charge in [-0.05, 0) is 53.9 Å². The number of nitrogens with one attached hydrogen (secondary N) is 1. The summed E-state index contributed by atoms with van der Waals surface area (Å²) in [5.41, 5.74) is 0.761. The quantitative estimate of drug-likeness (QED) is 0.478. The Morgan fingerprint density at radius 2 is 1.67 bits per heavy atom. The first-order valence-corrected chi connectivity index (χ1v) is 12.1. The van der Waals surface area contributed by atoms with Crippen molar-refractivity contribution >= 4 is 39.0 Å². The minimum absolute atomic E-state index is 0.109. The molecule has 1 N–H and O–H groups in total. The zero-order valence-corrected chi connectivity index (χ0v) is 19.3. The van der Waals surface area contributed by atoms with Gasteiger partial charge >= 0.3 is 6.18 Å². The average Bonchev–Trinajstić information content (AvgIpc) is 3.23. The SMILES string of the molecule is O=S(=O)(NC1CCN(c2ccc(C(F)(F)F)cn2)C1)c1ccc(-c2ccc(Cl)c(Cl)c2)cc1. The van der Waals surface area contributed by atoms with E-state index in [0.717, 1.165) is 23.4 Å². The van der Waals surface area contributed by atoms with E-state index in [-0.39, 0.29) is 4.90 Å². The number of halogens is 5. The Morgan fingerprint density at radius 3 is 2.27 bits per heavy atom. The topological polar surface area (TPSA) is 62.3 Å². The van der Waals surface area contributed by atoms with E-state index in [0.29, 0.717) is 35.4 Å². The van der Waals surface area contributed by atoms with E-state index in [9.17, 15) is 21.6 Å². The molecule has 2 aromatic carbocycles. The van der Waals surface area contributed by atoms with Gasteiger partial charge in [-0.25, -0.2) is 18.1 Å². The van der Waals surface area contributed by atoms with Crippen molar-refractivity contribution in [1.29, 1.82) is 0 Å². The maximum atomic E-state index is 12.8. The summed E-state index contributed by atoms with van der Waals surface area (Å²) in [6, 6.07) is 13.4. The lowest BCUT2D eigenvalue weighted by atomic mass is 10.1. The molecule has 0 amide bonds. The summed E-state index contributed by atoms with van der Waals surface area (Å²) in [5, 5.41) is 0.835. The van der Waals surface area contributed by atoms with Crippen molar-refractivity contribution in [3.63, 3.8) is 0 Å². The predicted molar refractivity (Wildman–Crippen MR) is 122 cm³/mol. The van der Waals surface area contributed by atoms with Crippen molar-refractivity contribution < 1.29 is 21.6 Å². The Labute approximate surface area is 199 Å². The summed E-state index contributed by atoms with van der Waals surface area (Å²) in [6.45, 7) is 0.779. The highest BCUT2D eigenvalue weighted by molar-refractivity contribution is 7.89. The molecule has 0 spiro atoms. The second kappa shape index (κ2) is 9.13. The van der Waals surface area contributed by atoms with Crippen molar-refractivity contribution in [2.75, 3.05) is 18.0 Å². The van der Waals surface area contributed by atoms with Crippen LogP contribution >= 0.6 is 23.2 Å². The molecule has 1 fully saturated rings. The maximum absolute atomic E-state index is 12.8. The molecule has 1 aliphatic heterocycles. The van der Waals surface area contributed by atoms with Crippen LogP contribution in [0.3, 0.4) is 0 Å². The molecule has 5 nitrogen and oxygen atoms in total. The smallest absolute Gasteiger partial charge is 0.355 e. The van der Waals surface area contributed by atoms with Gasteiger partial charge in [0.15, 0.2) is 0 Å². The molecule has 174 valence electrons. The molecule has 0 saturated carbocycles. The number of pyridine rings is 1. The van der Waals surface area contributed by atoms with Gasteiger partial charge in [-0.1, -0.05) is 41.4 Å². The van der Waals surface area contributed by atoms with E-state index in [4.69, 9.17) is 23.2 Å². The van der Waals surface area contributed by atoms with Crippen LogP contribution in [0.1, 0.15) is 12.0 Å². The standard InChI is InChI=1S/C22H18Cl2F3N3O2S/c23-19-7-3-15(11-20(19)24)14-1-5-18(6-2-14)33(31,32)29-17-9-10-30(13-17)21-8-4-16(12-28-21)22(25,26)27/h1-8,11-12,17,29H,9-10,13H2. The number of hydrogen-bond acceptors (Lipinski definition) is 4. The fraction of sp³-hybridized carbons (Fsp3) is 0.227. The molecule has 33 heavy (non-hydrogen) atoms. The minimum atomic E-state index is -4.45. The summed E-state index contributed by atoms with van der Waals surface area (Å²) in [4.78, 5) is 5.74. The van der Waals surface area contributed by atoms with Crippen molar-refractivity contribution in [3.05, 3.63) is 76.4 Å². The first-order valence-electron chi connectivity index (χ1n) is 9.89. The minimum Gasteiger partial charge on any atom is -0.355 e. The third-order valence-corrected chi connectivity index (χ3v) is 7.60. The normalized spacial score (nSPS) is 16.9. The highest BCUT2D eigenvalue weighted by atomic mass is 35.5. The van der Waals surface area contributed by atoms with Crippen LogP contribution in [0.4, 0.5) is 19.0 Å². The second-order valence-electron chi connectivity index (χ2n) is 7.61. The molecule has 1 atom stereocenters. The highest BCUT2D eigenvalue weighted by Gasteiger charge is 2.32. The van der Waals surface area contributed by atoms with Gasteiger partial charge in [-0.2, -0.15) is 13.2 Å². The molecule has 0 aliphatic carbocycles. The zero-order valence-electron chi connectivity index (χ0n) is 17.0. The second-order valence-corrected chi connectivity index (χ2v) is 10.1. The molecular formula is C22H18Cl2F3N3O2S. The van der Waals surface area contributed by atoms with Gasteiger partial charge in [0.2, 0.25) is 10.0 Å². The van der Waals surface area contributed by atoms with Gasteiger partial charge in [-0.3, -0.25) is 0 Å². The summed E-state index contributed by atoms with van der Waals surface area (Å²) in [5.74, 6) is 0.371. The van der Waals surface area contributed by atoms with Gasteiger partial charge in [0, 0.05) is 25.3 Å². The van der Waals surface area contributed by atoms with E-state index < -0.39 is 27.8 Å². The van der Waals surface area contributed by atoms with Crippen molar-refractivity contribution in [3.8, 4) is 11.1 Å². The fourth-order valence-electron chi connectivity index (χ4n) is 3.60. The number of benzene rings is 2. The third-order valence-electron chi connectivity index (χ3n) is 5.33. The number of rotatable bonds is 5. The first-order chi connectivity index (χ1) is 15.5. The van der Waals surface area contributed by atoms with Gasteiger partial charge < -0.3 is 4.90 Å². The molecule has 0 bridgehead atoms. The molecule has 1 unspecified atom stereocenters. The monoisotopic (exact) mass is 515 g/mol. The molecule has 1 aliphatic rings. The molecular weight excluding hydrogens is 498 g/mol. The van der Waals surface area contributed by atoms with Crippen LogP contribution in [0.25, 0.3) is 11.1 Å². The van der Waals surface area contributed by atoms with Crippen LogP contribution in [-0.2, 0) is 16.2 Å². The Morgan fingerprint density at radius 1 is 0.970 bits per heavy atom. The van der Waals surface area contributed by atoms with E-state index in [1.165, 1.54) is 18.2 Å². The van der Waals surface area contributed by atoms with Crippen LogP contribution in [0.2, 0.25) is 10.0 Å². The van der Waals surface area contributed by atoms with E-state index >= 15 is 0 Å². The lowest BCUT2D eigenvalue weighted by Crippen LogP contribution is -2.37. The van der Waals surface area contributed by atoms with Crippen LogP contribution in [0.5, 0.6) is 0 Å². The van der Waals surface area contributed by atoms with Gasteiger partial charge in [0.25, 0.3) is 0 Å². The Balaban J connectivity index is 1.42. The Bertz CT molecular complexity index is 1250. The van der Waals surface area contributed by atoms with Crippen LogP contribution in [-0.4, -0.2) is 32.5 Å². The molecule has 0 radical (unpaired) electrons.